The lowest BCUT2D eigenvalue weighted by Crippen LogP contribution is -2.13. The molecule has 0 aliphatic heterocycles. The van der Waals surface area contributed by atoms with Crippen LogP contribution in [0.4, 0.5) is 4.39 Å². The average Bonchev–Trinajstić information content (AvgIpc) is 2.97. The van der Waals surface area contributed by atoms with Crippen LogP contribution in [0.3, 0.4) is 0 Å². The molecule has 1 aliphatic carbocycles. The summed E-state index contributed by atoms with van der Waals surface area (Å²) < 4.78 is 12.9. The zero-order valence-corrected chi connectivity index (χ0v) is 8.20. The van der Waals surface area contributed by atoms with Crippen molar-refractivity contribution in [2.45, 2.75) is 18.9 Å². The van der Waals surface area contributed by atoms with Crippen LogP contribution < -0.4 is 5.73 Å². The maximum atomic E-state index is 12.9. The standard InChI is InChI=1S/C11H12FN3/c12-7-3-4-8-9(5-7)15-11(14-8)10(13)6-1-2-6/h3-6,10H,1-2,13H2,(H,14,15). The number of aromatic amines is 1. The summed E-state index contributed by atoms with van der Waals surface area (Å²) in [6.45, 7) is 0. The summed E-state index contributed by atoms with van der Waals surface area (Å²) in [5.74, 6) is 1.08. The van der Waals surface area contributed by atoms with Crippen LogP contribution in [-0.2, 0) is 0 Å². The smallest absolute Gasteiger partial charge is 0.125 e. The molecule has 2 aromatic rings. The van der Waals surface area contributed by atoms with Gasteiger partial charge < -0.3 is 10.7 Å². The maximum absolute atomic E-state index is 12.9. The Labute approximate surface area is 86.5 Å². The Hall–Kier alpha value is -1.42. The molecule has 4 heteroatoms. The molecule has 1 heterocycles. The van der Waals surface area contributed by atoms with Crippen molar-refractivity contribution in [2.24, 2.45) is 11.7 Å². The molecule has 3 nitrogen and oxygen atoms in total. The van der Waals surface area contributed by atoms with Crippen LogP contribution in [0.1, 0.15) is 24.7 Å². The topological polar surface area (TPSA) is 54.7 Å². The highest BCUT2D eigenvalue weighted by atomic mass is 19.1. The Kier molecular flexibility index (Phi) is 1.79. The van der Waals surface area contributed by atoms with E-state index in [-0.39, 0.29) is 11.9 Å². The van der Waals surface area contributed by atoms with Crippen LogP contribution in [0.5, 0.6) is 0 Å². The lowest BCUT2D eigenvalue weighted by atomic mass is 10.2. The van der Waals surface area contributed by atoms with Gasteiger partial charge in [-0.3, -0.25) is 0 Å². The maximum Gasteiger partial charge on any atom is 0.125 e. The molecule has 0 amide bonds. The zero-order chi connectivity index (χ0) is 10.4. The van der Waals surface area contributed by atoms with Crippen molar-refractivity contribution in [1.29, 1.82) is 0 Å². The second kappa shape index (κ2) is 3.03. The number of nitrogens with two attached hydrogens (primary N) is 1. The van der Waals surface area contributed by atoms with E-state index in [4.69, 9.17) is 5.73 Å². The van der Waals surface area contributed by atoms with Crippen LogP contribution in [0.25, 0.3) is 11.0 Å². The molecular formula is C11H12FN3. The minimum absolute atomic E-state index is 0.0274. The van der Waals surface area contributed by atoms with E-state index in [1.54, 1.807) is 6.07 Å². The highest BCUT2D eigenvalue weighted by Crippen LogP contribution is 2.38. The van der Waals surface area contributed by atoms with Crippen molar-refractivity contribution in [1.82, 2.24) is 9.97 Å². The monoisotopic (exact) mass is 205 g/mol. The van der Waals surface area contributed by atoms with Gasteiger partial charge in [-0.15, -0.1) is 0 Å². The summed E-state index contributed by atoms with van der Waals surface area (Å²) in [6, 6.07) is 4.51. The molecule has 0 spiro atoms. The molecule has 0 bridgehead atoms. The van der Waals surface area contributed by atoms with Gasteiger partial charge in [0.2, 0.25) is 0 Å². The number of hydrogen-bond donors (Lipinski definition) is 2. The van der Waals surface area contributed by atoms with E-state index in [1.807, 2.05) is 0 Å². The molecule has 1 atom stereocenters. The summed E-state index contributed by atoms with van der Waals surface area (Å²) in [7, 11) is 0. The molecule has 1 fully saturated rings. The zero-order valence-electron chi connectivity index (χ0n) is 8.20. The minimum atomic E-state index is -0.252. The number of nitrogens with zero attached hydrogens (tertiary/aromatic N) is 1. The first-order valence-corrected chi connectivity index (χ1v) is 5.15. The summed E-state index contributed by atoms with van der Waals surface area (Å²) in [4.78, 5) is 7.45. The highest BCUT2D eigenvalue weighted by Gasteiger charge is 2.31. The summed E-state index contributed by atoms with van der Waals surface area (Å²) in [5.41, 5.74) is 7.52. The first-order valence-electron chi connectivity index (χ1n) is 5.15. The molecule has 1 aromatic carbocycles. The van der Waals surface area contributed by atoms with Gasteiger partial charge in [-0.05, 0) is 37.0 Å². The molecule has 1 aliphatic rings. The highest BCUT2D eigenvalue weighted by molar-refractivity contribution is 5.75. The Balaban J connectivity index is 2.05. The van der Waals surface area contributed by atoms with Crippen molar-refractivity contribution in [3.8, 4) is 0 Å². The number of aromatic nitrogens is 2. The van der Waals surface area contributed by atoms with E-state index in [0.29, 0.717) is 5.92 Å². The van der Waals surface area contributed by atoms with Crippen LogP contribution in [0, 0.1) is 11.7 Å². The van der Waals surface area contributed by atoms with E-state index in [9.17, 15) is 4.39 Å². The fraction of sp³-hybridized carbons (Fsp3) is 0.364. The molecule has 1 unspecified atom stereocenters. The number of hydrogen-bond acceptors (Lipinski definition) is 2. The van der Waals surface area contributed by atoms with E-state index in [0.717, 1.165) is 16.9 Å². The molecule has 0 radical (unpaired) electrons. The number of imidazole rings is 1. The molecular weight excluding hydrogens is 193 g/mol. The van der Waals surface area contributed by atoms with Gasteiger partial charge in [0.15, 0.2) is 0 Å². The van der Waals surface area contributed by atoms with E-state index in [1.165, 1.54) is 25.0 Å². The van der Waals surface area contributed by atoms with E-state index < -0.39 is 0 Å². The van der Waals surface area contributed by atoms with Gasteiger partial charge in [-0.1, -0.05) is 0 Å². The second-order valence-corrected chi connectivity index (χ2v) is 4.15. The Bertz CT molecular complexity index is 502. The van der Waals surface area contributed by atoms with Crippen molar-refractivity contribution >= 4 is 11.0 Å². The van der Waals surface area contributed by atoms with Gasteiger partial charge in [0.25, 0.3) is 0 Å². The van der Waals surface area contributed by atoms with Crippen molar-refractivity contribution in [2.75, 3.05) is 0 Å². The fourth-order valence-corrected chi connectivity index (χ4v) is 1.84. The predicted octanol–water partition coefficient (Wildman–Crippen LogP) is 2.11. The summed E-state index contributed by atoms with van der Waals surface area (Å²) in [5, 5.41) is 0. The molecule has 1 saturated carbocycles. The minimum Gasteiger partial charge on any atom is -0.341 e. The first kappa shape index (κ1) is 8.85. The molecule has 3 N–H and O–H groups in total. The van der Waals surface area contributed by atoms with Gasteiger partial charge in [-0.25, -0.2) is 9.37 Å². The third-order valence-corrected chi connectivity index (χ3v) is 2.91. The molecule has 78 valence electrons. The number of H-pyrrole nitrogens is 1. The van der Waals surface area contributed by atoms with Crippen LogP contribution >= 0.6 is 0 Å². The average molecular weight is 205 g/mol. The third kappa shape index (κ3) is 1.51. The van der Waals surface area contributed by atoms with Gasteiger partial charge in [0.05, 0.1) is 17.1 Å². The molecule has 15 heavy (non-hydrogen) atoms. The molecule has 0 saturated heterocycles. The molecule has 3 rings (SSSR count). The Morgan fingerprint density at radius 3 is 3.00 bits per heavy atom. The SMILES string of the molecule is NC(c1nc2ccc(F)cc2[nH]1)C1CC1. The summed E-state index contributed by atoms with van der Waals surface area (Å²) >= 11 is 0. The second-order valence-electron chi connectivity index (χ2n) is 4.15. The lowest BCUT2D eigenvalue weighted by molar-refractivity contribution is 0.602. The van der Waals surface area contributed by atoms with Crippen molar-refractivity contribution in [3.63, 3.8) is 0 Å². The van der Waals surface area contributed by atoms with Crippen molar-refractivity contribution < 1.29 is 4.39 Å². The number of benzene rings is 1. The predicted molar refractivity (Wildman–Crippen MR) is 55.7 cm³/mol. The first-order chi connectivity index (χ1) is 7.24. The van der Waals surface area contributed by atoms with Crippen LogP contribution in [0.15, 0.2) is 18.2 Å². The third-order valence-electron chi connectivity index (χ3n) is 2.91. The lowest BCUT2D eigenvalue weighted by Gasteiger charge is -2.04. The molecule has 1 aromatic heterocycles. The van der Waals surface area contributed by atoms with E-state index in [2.05, 4.69) is 9.97 Å². The number of nitrogens with one attached hydrogen (secondary N) is 1. The van der Waals surface area contributed by atoms with Crippen LogP contribution in [0.2, 0.25) is 0 Å². The van der Waals surface area contributed by atoms with E-state index >= 15 is 0 Å². The quantitative estimate of drug-likeness (QED) is 0.788. The fourth-order valence-electron chi connectivity index (χ4n) is 1.84. The summed E-state index contributed by atoms with van der Waals surface area (Å²) in [6.07, 6.45) is 2.35. The van der Waals surface area contributed by atoms with Gasteiger partial charge in [-0.2, -0.15) is 0 Å². The largest absolute Gasteiger partial charge is 0.341 e. The number of rotatable bonds is 2. The number of fused-ring (bicyclic) bond motifs is 1. The van der Waals surface area contributed by atoms with Crippen LogP contribution in [-0.4, -0.2) is 9.97 Å². The van der Waals surface area contributed by atoms with Crippen molar-refractivity contribution in [3.05, 3.63) is 29.8 Å². The van der Waals surface area contributed by atoms with Gasteiger partial charge in [0, 0.05) is 0 Å². The number of halogens is 1. The Morgan fingerprint density at radius 1 is 1.47 bits per heavy atom. The normalized spacial score (nSPS) is 18.3. The van der Waals surface area contributed by atoms with Gasteiger partial charge >= 0.3 is 0 Å². The van der Waals surface area contributed by atoms with Gasteiger partial charge in [0.1, 0.15) is 11.6 Å². The Morgan fingerprint density at radius 2 is 2.27 bits per heavy atom.